The van der Waals surface area contributed by atoms with Crippen LogP contribution in [-0.4, -0.2) is 29.4 Å². The molecule has 3 N–H and O–H groups in total. The Morgan fingerprint density at radius 3 is 2.47 bits per heavy atom. The molecule has 0 saturated carbocycles. The second-order valence-electron chi connectivity index (χ2n) is 7.38. The number of rotatable bonds is 8. The predicted molar refractivity (Wildman–Crippen MR) is 128 cm³/mol. The van der Waals surface area contributed by atoms with E-state index in [-0.39, 0.29) is 35.0 Å². The van der Waals surface area contributed by atoms with E-state index in [1.165, 1.54) is 37.6 Å². The molecule has 3 rings (SSSR count). The summed E-state index contributed by atoms with van der Waals surface area (Å²) in [7, 11) is 1.45. The minimum absolute atomic E-state index is 0.0198. The summed E-state index contributed by atoms with van der Waals surface area (Å²) in [6.07, 6.45) is 1.33. The first-order valence-corrected chi connectivity index (χ1v) is 10.2. The smallest absolute Gasteiger partial charge is 0.271 e. The summed E-state index contributed by atoms with van der Waals surface area (Å²) in [6, 6.07) is 16.4. The van der Waals surface area contributed by atoms with Crippen LogP contribution < -0.4 is 14.9 Å². The number of hydrazone groups is 1. The van der Waals surface area contributed by atoms with E-state index in [0.717, 1.165) is 16.7 Å². The number of hydrogen-bond donors (Lipinski definition) is 3. The highest BCUT2D eigenvalue weighted by Gasteiger charge is 2.13. The van der Waals surface area contributed by atoms with Gasteiger partial charge >= 0.3 is 0 Å². The molecule has 3 aromatic rings. The fourth-order valence-corrected chi connectivity index (χ4v) is 3.02. The number of phenols is 2. The first-order chi connectivity index (χ1) is 16.3. The molecule has 0 aromatic heterocycles. The van der Waals surface area contributed by atoms with E-state index in [9.17, 15) is 15.0 Å². The van der Waals surface area contributed by atoms with Gasteiger partial charge in [-0.2, -0.15) is 10.4 Å². The molecule has 34 heavy (non-hydrogen) atoms. The van der Waals surface area contributed by atoms with Crippen LogP contribution in [-0.2, 0) is 6.61 Å². The Bertz CT molecular complexity index is 1290. The normalized spacial score (nSPS) is 10.5. The molecule has 3 aromatic carbocycles. The van der Waals surface area contributed by atoms with E-state index in [2.05, 4.69) is 17.1 Å². The minimum atomic E-state index is -0.568. The van der Waals surface area contributed by atoms with Crippen LogP contribution in [0, 0.1) is 11.3 Å². The molecule has 0 radical (unpaired) electrons. The molecule has 0 spiro atoms. The molecular weight excluding hydrogens is 434 g/mol. The number of hydrogen-bond acceptors (Lipinski definition) is 7. The number of benzene rings is 3. The Balaban J connectivity index is 1.69. The van der Waals surface area contributed by atoms with Crippen LogP contribution in [0.1, 0.15) is 39.5 Å². The van der Waals surface area contributed by atoms with Crippen LogP contribution in [0.4, 0.5) is 0 Å². The molecule has 0 aliphatic rings. The Morgan fingerprint density at radius 2 is 1.82 bits per heavy atom. The maximum absolute atomic E-state index is 12.2. The zero-order valence-corrected chi connectivity index (χ0v) is 18.7. The predicted octanol–water partition coefficient (Wildman–Crippen LogP) is 4.35. The molecule has 8 nitrogen and oxygen atoms in total. The van der Waals surface area contributed by atoms with Crippen molar-refractivity contribution in [3.05, 3.63) is 89.0 Å². The molecule has 0 aliphatic carbocycles. The third-order valence-electron chi connectivity index (χ3n) is 4.87. The number of carbonyl (C=O) groups excluding carboxylic acids is 1. The Hall–Kier alpha value is -4.77. The second-order valence-corrected chi connectivity index (χ2v) is 7.38. The zero-order chi connectivity index (χ0) is 24.7. The Labute approximate surface area is 197 Å². The van der Waals surface area contributed by atoms with Crippen LogP contribution in [0.15, 0.2) is 66.3 Å². The van der Waals surface area contributed by atoms with Gasteiger partial charge in [-0.1, -0.05) is 36.4 Å². The number of nitrogens with one attached hydrogen (secondary N) is 1. The van der Waals surface area contributed by atoms with Crippen molar-refractivity contribution in [2.75, 3.05) is 7.11 Å². The van der Waals surface area contributed by atoms with Crippen molar-refractivity contribution in [1.82, 2.24) is 5.43 Å². The number of aromatic hydroxyl groups is 2. The molecule has 0 bridgehead atoms. The van der Waals surface area contributed by atoms with Gasteiger partial charge in [0.15, 0.2) is 11.5 Å². The standard InChI is InChI=1S/C26H23N3O5/c1-16(2)19-6-4-17(5-7-19)15-34-25-23(31)10-18(11-24(25)33-3)14-28-29-26(32)20-8-9-22(30)21(12-20)13-27/h4-12,14,30-31H,1,15H2,2-3H3,(H,29,32)/b28-14+. The maximum Gasteiger partial charge on any atom is 0.271 e. The summed E-state index contributed by atoms with van der Waals surface area (Å²) >= 11 is 0. The number of nitriles is 1. The molecule has 0 heterocycles. The van der Waals surface area contributed by atoms with Crippen LogP contribution in [0.2, 0.25) is 0 Å². The first-order valence-electron chi connectivity index (χ1n) is 10.2. The van der Waals surface area contributed by atoms with Crippen LogP contribution in [0.3, 0.4) is 0 Å². The van der Waals surface area contributed by atoms with Gasteiger partial charge in [0, 0.05) is 11.1 Å². The van der Waals surface area contributed by atoms with Crippen molar-refractivity contribution in [3.63, 3.8) is 0 Å². The third kappa shape index (κ3) is 5.72. The van der Waals surface area contributed by atoms with Crippen LogP contribution >= 0.6 is 0 Å². The minimum Gasteiger partial charge on any atom is -0.507 e. The fourth-order valence-electron chi connectivity index (χ4n) is 3.02. The largest absolute Gasteiger partial charge is 0.507 e. The Morgan fingerprint density at radius 1 is 1.12 bits per heavy atom. The number of ether oxygens (including phenoxy) is 2. The highest BCUT2D eigenvalue weighted by molar-refractivity contribution is 5.95. The van der Waals surface area contributed by atoms with E-state index < -0.39 is 5.91 Å². The first kappa shape index (κ1) is 23.9. The van der Waals surface area contributed by atoms with Crippen LogP contribution in [0.5, 0.6) is 23.0 Å². The lowest BCUT2D eigenvalue weighted by molar-refractivity contribution is 0.0955. The highest BCUT2D eigenvalue weighted by atomic mass is 16.5. The van der Waals surface area contributed by atoms with Gasteiger partial charge in [-0.25, -0.2) is 5.43 Å². The quantitative estimate of drug-likeness (QED) is 0.341. The third-order valence-corrected chi connectivity index (χ3v) is 4.87. The molecule has 0 saturated heterocycles. The van der Waals surface area contributed by atoms with Crippen molar-refractivity contribution in [1.29, 1.82) is 5.26 Å². The molecule has 172 valence electrons. The van der Waals surface area contributed by atoms with Crippen molar-refractivity contribution < 1.29 is 24.5 Å². The van der Waals surface area contributed by atoms with Gasteiger partial charge in [-0.05, 0) is 48.4 Å². The molecular formula is C26H23N3O5. The van der Waals surface area contributed by atoms with Crippen molar-refractivity contribution in [2.24, 2.45) is 5.10 Å². The lowest BCUT2D eigenvalue weighted by Crippen LogP contribution is -2.17. The summed E-state index contributed by atoms with van der Waals surface area (Å²) < 4.78 is 11.1. The van der Waals surface area contributed by atoms with Gasteiger partial charge in [-0.3, -0.25) is 4.79 Å². The SMILES string of the molecule is C=C(C)c1ccc(COc2c(O)cc(/C=N/NC(=O)c3ccc(O)c(C#N)c3)cc2OC)cc1. The lowest BCUT2D eigenvalue weighted by atomic mass is 10.1. The average Bonchev–Trinajstić information content (AvgIpc) is 2.83. The topological polar surface area (TPSA) is 124 Å². The van der Waals surface area contributed by atoms with E-state index in [1.54, 1.807) is 12.1 Å². The summed E-state index contributed by atoms with van der Waals surface area (Å²) in [6.45, 7) is 6.07. The molecule has 0 unspecified atom stereocenters. The lowest BCUT2D eigenvalue weighted by Gasteiger charge is -2.13. The van der Waals surface area contributed by atoms with E-state index in [4.69, 9.17) is 14.7 Å². The monoisotopic (exact) mass is 457 g/mol. The molecule has 1 amide bonds. The maximum atomic E-state index is 12.2. The Kier molecular flexibility index (Phi) is 7.52. The van der Waals surface area contributed by atoms with Gasteiger partial charge < -0.3 is 19.7 Å². The zero-order valence-electron chi connectivity index (χ0n) is 18.7. The van der Waals surface area contributed by atoms with Gasteiger partial charge in [0.25, 0.3) is 5.91 Å². The molecule has 0 fully saturated rings. The van der Waals surface area contributed by atoms with Gasteiger partial charge in [-0.15, -0.1) is 0 Å². The van der Waals surface area contributed by atoms with Gasteiger partial charge in [0.2, 0.25) is 5.75 Å². The summed E-state index contributed by atoms with van der Waals surface area (Å²) in [4.78, 5) is 12.2. The van der Waals surface area contributed by atoms with E-state index in [0.29, 0.717) is 11.3 Å². The number of nitrogens with zero attached hydrogens (tertiary/aromatic N) is 2. The summed E-state index contributed by atoms with van der Waals surface area (Å²) in [5, 5.41) is 32.8. The second kappa shape index (κ2) is 10.7. The van der Waals surface area contributed by atoms with Gasteiger partial charge in [0.05, 0.1) is 18.9 Å². The van der Waals surface area contributed by atoms with Crippen molar-refractivity contribution in [3.8, 4) is 29.1 Å². The summed E-state index contributed by atoms with van der Waals surface area (Å²) in [5.74, 6) is -0.454. The molecule has 0 aliphatic heterocycles. The highest BCUT2D eigenvalue weighted by Crippen LogP contribution is 2.38. The number of allylic oxidation sites excluding steroid dienone is 1. The van der Waals surface area contributed by atoms with Crippen molar-refractivity contribution in [2.45, 2.75) is 13.5 Å². The summed E-state index contributed by atoms with van der Waals surface area (Å²) in [5.41, 5.74) is 5.84. The van der Waals surface area contributed by atoms with Gasteiger partial charge in [0.1, 0.15) is 18.4 Å². The van der Waals surface area contributed by atoms with E-state index >= 15 is 0 Å². The molecule has 8 heteroatoms. The average molecular weight is 457 g/mol. The number of methoxy groups -OCH3 is 1. The number of phenolic OH excluding ortho intramolecular Hbond substituents is 2. The van der Waals surface area contributed by atoms with Crippen LogP contribution in [0.25, 0.3) is 5.57 Å². The van der Waals surface area contributed by atoms with E-state index in [1.807, 2.05) is 31.2 Å². The number of amides is 1. The molecule has 0 atom stereocenters. The fraction of sp³-hybridized carbons (Fsp3) is 0.115. The van der Waals surface area contributed by atoms with Crippen molar-refractivity contribution >= 4 is 17.7 Å². The number of carbonyl (C=O) groups is 1.